The Balaban J connectivity index is 2.32. The summed E-state index contributed by atoms with van der Waals surface area (Å²) in [5.74, 6) is -1.11. The second kappa shape index (κ2) is 5.04. The van der Waals surface area contributed by atoms with Gasteiger partial charge < -0.3 is 15.7 Å². The van der Waals surface area contributed by atoms with Crippen molar-refractivity contribution in [1.82, 2.24) is 10.6 Å². The van der Waals surface area contributed by atoms with Crippen molar-refractivity contribution in [3.05, 3.63) is 0 Å². The van der Waals surface area contributed by atoms with Crippen LogP contribution in [0.25, 0.3) is 0 Å². The fourth-order valence-corrected chi connectivity index (χ4v) is 1.80. The van der Waals surface area contributed by atoms with Crippen LogP contribution in [-0.4, -0.2) is 34.6 Å². The van der Waals surface area contributed by atoms with Gasteiger partial charge in [0.05, 0.1) is 0 Å². The molecule has 1 aliphatic carbocycles. The van der Waals surface area contributed by atoms with Gasteiger partial charge in [-0.25, -0.2) is 4.79 Å². The monoisotopic (exact) mass is 242 g/mol. The molecule has 1 saturated carbocycles. The van der Waals surface area contributed by atoms with Gasteiger partial charge >= 0.3 is 5.97 Å². The van der Waals surface area contributed by atoms with E-state index >= 15 is 0 Å². The molecule has 0 aliphatic heterocycles. The maximum absolute atomic E-state index is 11.6. The minimum atomic E-state index is -0.987. The van der Waals surface area contributed by atoms with Gasteiger partial charge in [0.15, 0.2) is 0 Å². The van der Waals surface area contributed by atoms with Crippen LogP contribution in [0.1, 0.15) is 46.5 Å². The first-order valence-corrected chi connectivity index (χ1v) is 6.05. The van der Waals surface area contributed by atoms with Crippen LogP contribution in [0.2, 0.25) is 0 Å². The lowest BCUT2D eigenvalue weighted by molar-refractivity contribution is -0.151. The fraction of sp³-hybridized carbons (Fsp3) is 0.833. The van der Waals surface area contributed by atoms with Crippen molar-refractivity contribution in [2.75, 3.05) is 6.54 Å². The number of nitrogens with one attached hydrogen (secondary N) is 2. The molecule has 1 aliphatic rings. The molecule has 17 heavy (non-hydrogen) atoms. The van der Waals surface area contributed by atoms with E-state index in [9.17, 15) is 9.59 Å². The summed E-state index contributed by atoms with van der Waals surface area (Å²) in [7, 11) is 0. The van der Waals surface area contributed by atoms with Gasteiger partial charge in [0.1, 0.15) is 5.54 Å². The van der Waals surface area contributed by atoms with Crippen LogP contribution in [0.15, 0.2) is 0 Å². The van der Waals surface area contributed by atoms with E-state index in [4.69, 9.17) is 5.11 Å². The first kappa shape index (κ1) is 14.0. The summed E-state index contributed by atoms with van der Waals surface area (Å²) in [5, 5.41) is 14.9. The topological polar surface area (TPSA) is 78.4 Å². The van der Waals surface area contributed by atoms with Crippen molar-refractivity contribution in [2.45, 2.75) is 57.5 Å². The molecule has 0 radical (unpaired) electrons. The summed E-state index contributed by atoms with van der Waals surface area (Å²) in [6.45, 7) is 6.63. The lowest BCUT2D eigenvalue weighted by Crippen LogP contribution is -2.59. The smallest absolute Gasteiger partial charge is 0.329 e. The van der Waals surface area contributed by atoms with E-state index in [1.54, 1.807) is 0 Å². The van der Waals surface area contributed by atoms with Crippen LogP contribution < -0.4 is 10.6 Å². The average molecular weight is 242 g/mol. The molecule has 0 unspecified atom stereocenters. The Bertz CT molecular complexity index is 303. The van der Waals surface area contributed by atoms with Crippen molar-refractivity contribution in [3.8, 4) is 0 Å². The van der Waals surface area contributed by atoms with Crippen LogP contribution in [-0.2, 0) is 9.59 Å². The van der Waals surface area contributed by atoms with Crippen LogP contribution in [0, 0.1) is 0 Å². The lowest BCUT2D eigenvalue weighted by Gasteiger charge is -2.38. The first-order valence-electron chi connectivity index (χ1n) is 6.05. The molecule has 5 heteroatoms. The molecule has 98 valence electrons. The highest BCUT2D eigenvalue weighted by Crippen LogP contribution is 2.31. The largest absolute Gasteiger partial charge is 0.480 e. The second-order valence-electron chi connectivity index (χ2n) is 5.72. The number of hydrogen-bond donors (Lipinski definition) is 3. The van der Waals surface area contributed by atoms with Gasteiger partial charge in [0, 0.05) is 18.5 Å². The second-order valence-corrected chi connectivity index (χ2v) is 5.72. The Labute approximate surface area is 102 Å². The third-order valence-electron chi connectivity index (χ3n) is 3.00. The highest BCUT2D eigenvalue weighted by molar-refractivity contribution is 5.87. The maximum Gasteiger partial charge on any atom is 0.329 e. The van der Waals surface area contributed by atoms with E-state index in [0.29, 0.717) is 25.8 Å². The Morgan fingerprint density at radius 2 is 1.88 bits per heavy atom. The number of carboxylic acids is 1. The van der Waals surface area contributed by atoms with Crippen LogP contribution in [0.5, 0.6) is 0 Å². The summed E-state index contributed by atoms with van der Waals surface area (Å²) < 4.78 is 0. The average Bonchev–Trinajstić information content (AvgIpc) is 2.08. The van der Waals surface area contributed by atoms with Gasteiger partial charge in [0.25, 0.3) is 0 Å². The molecule has 1 fully saturated rings. The molecule has 1 amide bonds. The van der Waals surface area contributed by atoms with Crippen LogP contribution in [0.3, 0.4) is 0 Å². The molecule has 0 aromatic rings. The number of carbonyl (C=O) groups excluding carboxylic acids is 1. The van der Waals surface area contributed by atoms with Gasteiger partial charge in [-0.2, -0.15) is 0 Å². The number of amides is 1. The summed E-state index contributed by atoms with van der Waals surface area (Å²) in [6, 6.07) is 0. The number of hydrogen-bond acceptors (Lipinski definition) is 3. The molecule has 1 rings (SSSR count). The SMILES string of the molecule is CC(C)(C)NCCC(=O)NC1(C(=O)O)CCC1. The quantitative estimate of drug-likeness (QED) is 0.669. The minimum Gasteiger partial charge on any atom is -0.480 e. The van der Waals surface area contributed by atoms with E-state index in [1.807, 2.05) is 20.8 Å². The minimum absolute atomic E-state index is 0.0266. The third kappa shape index (κ3) is 4.00. The molecular weight excluding hydrogens is 220 g/mol. The van der Waals surface area contributed by atoms with Gasteiger partial charge in [0.2, 0.25) is 5.91 Å². The normalized spacial score (nSPS) is 18.3. The standard InChI is InChI=1S/C12H22N2O3/c1-11(2,3)13-8-5-9(15)14-12(10(16)17)6-4-7-12/h13H,4-8H2,1-3H3,(H,14,15)(H,16,17). The van der Waals surface area contributed by atoms with Crippen molar-refractivity contribution >= 4 is 11.9 Å². The number of carbonyl (C=O) groups is 2. The summed E-state index contributed by atoms with van der Waals surface area (Å²) in [5.41, 5.74) is -1.01. The van der Waals surface area contributed by atoms with Crippen molar-refractivity contribution < 1.29 is 14.7 Å². The summed E-state index contributed by atoms with van der Waals surface area (Å²) in [6.07, 6.45) is 2.26. The third-order valence-corrected chi connectivity index (χ3v) is 3.00. The number of rotatable bonds is 5. The van der Waals surface area contributed by atoms with Gasteiger partial charge in [-0.1, -0.05) is 0 Å². The fourth-order valence-electron chi connectivity index (χ4n) is 1.80. The lowest BCUT2D eigenvalue weighted by atomic mass is 9.76. The Morgan fingerprint density at radius 1 is 1.29 bits per heavy atom. The van der Waals surface area contributed by atoms with E-state index in [-0.39, 0.29) is 11.4 Å². The molecule has 0 aromatic heterocycles. The zero-order chi connectivity index (χ0) is 13.1. The zero-order valence-corrected chi connectivity index (χ0v) is 10.8. The highest BCUT2D eigenvalue weighted by Gasteiger charge is 2.45. The van der Waals surface area contributed by atoms with Gasteiger partial charge in [-0.15, -0.1) is 0 Å². The van der Waals surface area contributed by atoms with Gasteiger partial charge in [-0.3, -0.25) is 4.79 Å². The van der Waals surface area contributed by atoms with E-state index in [2.05, 4.69) is 10.6 Å². The Kier molecular flexibility index (Phi) is 4.14. The molecular formula is C12H22N2O3. The van der Waals surface area contributed by atoms with Crippen LogP contribution >= 0.6 is 0 Å². The first-order chi connectivity index (χ1) is 7.75. The van der Waals surface area contributed by atoms with Crippen molar-refractivity contribution in [1.29, 1.82) is 0 Å². The predicted octanol–water partition coefficient (Wildman–Crippen LogP) is 0.888. The molecule has 0 atom stereocenters. The molecule has 3 N–H and O–H groups in total. The molecule has 0 saturated heterocycles. The van der Waals surface area contributed by atoms with Crippen molar-refractivity contribution in [2.24, 2.45) is 0 Å². The maximum atomic E-state index is 11.6. The number of carboxylic acid groups (broad SMARTS) is 1. The van der Waals surface area contributed by atoms with E-state index in [1.165, 1.54) is 0 Å². The predicted molar refractivity (Wildman–Crippen MR) is 64.7 cm³/mol. The zero-order valence-electron chi connectivity index (χ0n) is 10.8. The van der Waals surface area contributed by atoms with Crippen molar-refractivity contribution in [3.63, 3.8) is 0 Å². The Morgan fingerprint density at radius 3 is 2.24 bits per heavy atom. The highest BCUT2D eigenvalue weighted by atomic mass is 16.4. The van der Waals surface area contributed by atoms with Gasteiger partial charge in [-0.05, 0) is 40.0 Å². The molecule has 0 spiro atoms. The number of aliphatic carboxylic acids is 1. The Hall–Kier alpha value is -1.10. The summed E-state index contributed by atoms with van der Waals surface area (Å²) >= 11 is 0. The molecule has 0 heterocycles. The molecule has 0 aromatic carbocycles. The van der Waals surface area contributed by atoms with E-state index < -0.39 is 11.5 Å². The van der Waals surface area contributed by atoms with E-state index in [0.717, 1.165) is 6.42 Å². The van der Waals surface area contributed by atoms with Crippen LogP contribution in [0.4, 0.5) is 0 Å². The summed E-state index contributed by atoms with van der Waals surface area (Å²) in [4.78, 5) is 22.7. The molecule has 0 bridgehead atoms. The molecule has 5 nitrogen and oxygen atoms in total.